The second-order valence-corrected chi connectivity index (χ2v) is 23.6. The van der Waals surface area contributed by atoms with Crippen molar-refractivity contribution in [2.24, 2.45) is 0 Å². The van der Waals surface area contributed by atoms with Gasteiger partial charge in [0.15, 0.2) is 0 Å². The van der Waals surface area contributed by atoms with Gasteiger partial charge < -0.3 is 24.8 Å². The third kappa shape index (κ3) is 7.10. The molecule has 0 heterocycles. The summed E-state index contributed by atoms with van der Waals surface area (Å²) in [6, 6.07) is 41.0. The largest absolute Gasteiger partial charge is 3.00 e. The molecule has 6 rings (SSSR count). The first kappa shape index (κ1) is 40.4. The van der Waals surface area contributed by atoms with E-state index in [0.717, 1.165) is 6.42 Å². The van der Waals surface area contributed by atoms with Gasteiger partial charge in [-0.1, -0.05) is 196 Å². The zero-order valence-electron chi connectivity index (χ0n) is 29.5. The summed E-state index contributed by atoms with van der Waals surface area (Å²) in [7, 11) is -2.93. The summed E-state index contributed by atoms with van der Waals surface area (Å²) in [5.41, 5.74) is 7.94. The van der Waals surface area contributed by atoms with Crippen LogP contribution in [-0.2, 0) is 26.2 Å². The van der Waals surface area contributed by atoms with Gasteiger partial charge in [-0.25, -0.2) is 0 Å². The molecule has 1 radical (unpaired) electrons. The van der Waals surface area contributed by atoms with E-state index in [-0.39, 0.29) is 51.0 Å². The van der Waals surface area contributed by atoms with Crippen LogP contribution in [0.15, 0.2) is 103 Å². The zero-order chi connectivity index (χ0) is 31.6. The fourth-order valence-electron chi connectivity index (χ4n) is 8.28. The Kier molecular flexibility index (Phi) is 14.6. The average molecular weight is 784 g/mol. The minimum absolute atomic E-state index is 0. The number of hydrogen-bond donors (Lipinski definition) is 0. The van der Waals surface area contributed by atoms with Gasteiger partial charge in [-0.15, -0.1) is 33.4 Å². The molecular weight excluding hydrogens is 735 g/mol. The first-order valence-electron chi connectivity index (χ1n) is 17.5. The quantitative estimate of drug-likeness (QED) is 0.143. The number of halogens is 2. The van der Waals surface area contributed by atoms with Crippen molar-refractivity contribution in [1.82, 2.24) is 0 Å². The molecule has 0 aliphatic heterocycles. The molecule has 48 heavy (non-hydrogen) atoms. The summed E-state index contributed by atoms with van der Waals surface area (Å²) < 4.78 is 0. The van der Waals surface area contributed by atoms with E-state index < -0.39 is 16.1 Å². The summed E-state index contributed by atoms with van der Waals surface area (Å²) >= 11 is 0. The molecule has 2 aliphatic carbocycles. The van der Waals surface area contributed by atoms with Crippen molar-refractivity contribution in [2.45, 2.75) is 84.2 Å². The third-order valence-corrected chi connectivity index (χ3v) is 22.9. The van der Waals surface area contributed by atoms with E-state index in [1.54, 1.807) is 10.4 Å². The van der Waals surface area contributed by atoms with Crippen molar-refractivity contribution in [3.63, 3.8) is 0 Å². The van der Waals surface area contributed by atoms with Gasteiger partial charge in [0.1, 0.15) is 0 Å². The summed E-state index contributed by atoms with van der Waals surface area (Å²) in [6.45, 7) is 14.4. The predicted molar refractivity (Wildman–Crippen MR) is 202 cm³/mol. The van der Waals surface area contributed by atoms with Crippen LogP contribution in [0.25, 0.3) is 17.2 Å². The van der Waals surface area contributed by atoms with Gasteiger partial charge in [0.05, 0.1) is 16.1 Å². The Morgan fingerprint density at radius 1 is 0.604 bits per heavy atom. The predicted octanol–water partition coefficient (Wildman–Crippen LogP) is 3.02. The van der Waals surface area contributed by atoms with Crippen molar-refractivity contribution in [3.05, 3.63) is 146 Å². The fraction of sp³-hybridized carbons (Fsp3) is 0.302. The molecule has 4 aromatic rings. The topological polar surface area (TPSA) is 0 Å². The molecule has 0 aromatic heterocycles. The molecule has 0 unspecified atom stereocenters. The summed E-state index contributed by atoms with van der Waals surface area (Å²) in [5, 5.41) is 8.32. The molecule has 0 bridgehead atoms. The van der Waals surface area contributed by atoms with Crippen LogP contribution >= 0.6 is 0 Å². The molecule has 2 aliphatic rings. The van der Waals surface area contributed by atoms with E-state index in [4.69, 9.17) is 0 Å². The molecule has 0 amide bonds. The van der Waals surface area contributed by atoms with Crippen LogP contribution in [0.5, 0.6) is 0 Å². The zero-order valence-corrected chi connectivity index (χ0v) is 35.5. The Balaban J connectivity index is 0.00000208. The maximum absolute atomic E-state index is 3.85. The minimum Gasteiger partial charge on any atom is -1.00 e. The SMILES string of the molecule is CC[Si](CC)(CC)c1ccc(C(c2ccc([Si](CC)(CC)CC)cc2)=c2ccc3c(c2C2=CC=CC2)[C-]=c2ccccc2=3)cc1.[Cl-].[Cl-].[Zr+3]. The monoisotopic (exact) mass is 781 g/mol. The molecule has 0 fully saturated rings. The maximum atomic E-state index is 3.85. The van der Waals surface area contributed by atoms with Crippen LogP contribution in [0, 0.1) is 10.4 Å². The third-order valence-electron chi connectivity index (χ3n) is 11.7. The van der Waals surface area contributed by atoms with Crippen molar-refractivity contribution in [1.29, 1.82) is 0 Å². The summed E-state index contributed by atoms with van der Waals surface area (Å²) in [6.07, 6.45) is 11.6. The standard InChI is InChI=1S/C43H49Si2.2ClH.Zr/c1-7-44(8-2,9-3)36-25-21-33(22-26-36)42(34-23-27-37(28-24-34)45(10-4,11-5)12-6)40-30-29-39-38-20-16-15-19-35(38)31-41(39)43(40)32-17-13-14-18-32;;;/h13-17,19-30H,7-12,18H2,1-6H3;2*1H;/q-1;;;+3/p-2. The van der Waals surface area contributed by atoms with Crippen LogP contribution < -0.4 is 45.6 Å². The van der Waals surface area contributed by atoms with E-state index in [2.05, 4.69) is 151 Å². The molecule has 0 saturated heterocycles. The van der Waals surface area contributed by atoms with Gasteiger partial charge in [0.25, 0.3) is 0 Å². The van der Waals surface area contributed by atoms with Crippen LogP contribution in [-0.4, -0.2) is 16.1 Å². The number of hydrogen-bond acceptors (Lipinski definition) is 0. The first-order chi connectivity index (χ1) is 22.0. The van der Waals surface area contributed by atoms with Gasteiger partial charge in [0.2, 0.25) is 0 Å². The second-order valence-electron chi connectivity index (χ2n) is 13.1. The normalized spacial score (nSPS) is 12.9. The smallest absolute Gasteiger partial charge is 1.00 e. The molecule has 247 valence electrons. The molecule has 4 aromatic carbocycles. The van der Waals surface area contributed by atoms with Gasteiger partial charge in [-0.2, -0.15) is 0 Å². The molecular formula is C43H49Cl2Si2Zr. The average Bonchev–Trinajstić information content (AvgIpc) is 3.77. The number of allylic oxidation sites excluding steroid dienone is 4. The van der Waals surface area contributed by atoms with Crippen molar-refractivity contribution < 1.29 is 51.0 Å². The molecule has 0 spiro atoms. The Labute approximate surface area is 322 Å². The number of rotatable bonds is 11. The van der Waals surface area contributed by atoms with Gasteiger partial charge in [0, 0.05) is 0 Å². The Hall–Kier alpha value is -2.00. The Morgan fingerprint density at radius 2 is 1.10 bits per heavy atom. The Morgan fingerprint density at radius 3 is 1.56 bits per heavy atom. The summed E-state index contributed by atoms with van der Waals surface area (Å²) in [5.74, 6) is 0. The van der Waals surface area contributed by atoms with E-state index in [1.165, 1.54) is 90.5 Å². The van der Waals surface area contributed by atoms with Crippen LogP contribution in [0.4, 0.5) is 0 Å². The van der Waals surface area contributed by atoms with Crippen molar-refractivity contribution in [3.8, 4) is 0 Å². The van der Waals surface area contributed by atoms with E-state index in [9.17, 15) is 0 Å². The maximum Gasteiger partial charge on any atom is 3.00 e. The van der Waals surface area contributed by atoms with Gasteiger partial charge >= 0.3 is 26.2 Å². The van der Waals surface area contributed by atoms with Gasteiger partial charge in [-0.05, 0) is 28.3 Å². The summed E-state index contributed by atoms with van der Waals surface area (Å²) in [4.78, 5) is 0. The van der Waals surface area contributed by atoms with Crippen molar-refractivity contribution in [2.75, 3.05) is 0 Å². The first-order valence-corrected chi connectivity index (χ1v) is 22.7. The molecule has 0 saturated carbocycles. The van der Waals surface area contributed by atoms with Crippen LogP contribution in [0.2, 0.25) is 36.3 Å². The Bertz CT molecular complexity index is 1900. The molecule has 0 nitrogen and oxygen atoms in total. The van der Waals surface area contributed by atoms with E-state index in [0.29, 0.717) is 0 Å². The van der Waals surface area contributed by atoms with E-state index in [1.807, 2.05) is 0 Å². The number of fused-ring (bicyclic) bond motifs is 2. The molecule has 0 atom stereocenters. The van der Waals surface area contributed by atoms with E-state index >= 15 is 0 Å². The minimum atomic E-state index is -1.47. The number of benzene rings is 4. The fourth-order valence-corrected chi connectivity index (χ4v) is 15.5. The van der Waals surface area contributed by atoms with Crippen LogP contribution in [0.3, 0.4) is 0 Å². The van der Waals surface area contributed by atoms with Gasteiger partial charge in [-0.3, -0.25) is 0 Å². The molecule has 5 heteroatoms. The second kappa shape index (κ2) is 17.3. The van der Waals surface area contributed by atoms with Crippen LogP contribution in [0.1, 0.15) is 70.2 Å². The van der Waals surface area contributed by atoms with Crippen molar-refractivity contribution >= 4 is 43.7 Å². The molecule has 0 N–H and O–H groups in total.